The number of rotatable bonds is 3. The third kappa shape index (κ3) is 2.77. The van der Waals surface area contributed by atoms with Crippen molar-refractivity contribution >= 4 is 0 Å². The van der Waals surface area contributed by atoms with Gasteiger partial charge < -0.3 is 10.3 Å². The molecule has 0 aliphatic carbocycles. The van der Waals surface area contributed by atoms with Crippen LogP contribution in [-0.2, 0) is 0 Å². The van der Waals surface area contributed by atoms with Crippen LogP contribution in [0.1, 0.15) is 0 Å². The number of halogens is 1. The van der Waals surface area contributed by atoms with E-state index in [0.717, 1.165) is 10.3 Å². The van der Waals surface area contributed by atoms with Crippen LogP contribution in [0, 0.1) is 5.82 Å². The van der Waals surface area contributed by atoms with Crippen LogP contribution in [0.25, 0.3) is 33.9 Å². The van der Waals surface area contributed by atoms with Gasteiger partial charge in [-0.05, 0) is 60.7 Å². The molecule has 128 valence electrons. The van der Waals surface area contributed by atoms with Gasteiger partial charge in [-0.2, -0.15) is 4.73 Å². The molecule has 4 aromatic rings. The van der Waals surface area contributed by atoms with E-state index in [1.165, 1.54) is 24.3 Å². The largest absolute Gasteiger partial charge is 0.508 e. The molecule has 0 saturated carbocycles. The summed E-state index contributed by atoms with van der Waals surface area (Å²) in [6.45, 7) is 0. The van der Waals surface area contributed by atoms with Gasteiger partial charge in [0.2, 0.25) is 0 Å². The maximum absolute atomic E-state index is 13.3. The van der Waals surface area contributed by atoms with E-state index in [0.29, 0.717) is 28.3 Å². The van der Waals surface area contributed by atoms with Crippen molar-refractivity contribution in [2.45, 2.75) is 0 Å². The van der Waals surface area contributed by atoms with Gasteiger partial charge in [-0.15, -0.1) is 0 Å². The molecule has 0 radical (unpaired) electrons. The van der Waals surface area contributed by atoms with Crippen LogP contribution in [-0.4, -0.2) is 25.0 Å². The van der Waals surface area contributed by atoms with Gasteiger partial charge in [-0.3, -0.25) is 4.98 Å². The van der Waals surface area contributed by atoms with Crippen LogP contribution in [0.2, 0.25) is 0 Å². The second-order valence-corrected chi connectivity index (χ2v) is 5.73. The Morgan fingerprint density at radius 3 is 2.04 bits per heavy atom. The zero-order valence-electron chi connectivity index (χ0n) is 13.5. The maximum Gasteiger partial charge on any atom is 0.176 e. The van der Waals surface area contributed by atoms with E-state index < -0.39 is 0 Å². The van der Waals surface area contributed by atoms with Crippen LogP contribution < -0.4 is 0 Å². The average Bonchev–Trinajstić information content (AvgIpc) is 3.01. The number of benzene rings is 2. The molecule has 0 atom stereocenters. The lowest BCUT2D eigenvalue weighted by Gasteiger charge is -2.06. The van der Waals surface area contributed by atoms with Crippen molar-refractivity contribution < 1.29 is 14.7 Å². The summed E-state index contributed by atoms with van der Waals surface area (Å²) in [5, 5.41) is 20.3. The average molecular weight is 347 g/mol. The highest BCUT2D eigenvalue weighted by molar-refractivity contribution is 5.81. The highest BCUT2D eigenvalue weighted by Crippen LogP contribution is 2.35. The zero-order chi connectivity index (χ0) is 18.1. The number of nitrogens with zero attached hydrogens (tertiary/aromatic N) is 3. The predicted octanol–water partition coefficient (Wildman–Crippen LogP) is 4.36. The molecule has 0 fully saturated rings. The quantitative estimate of drug-likeness (QED) is 0.540. The van der Waals surface area contributed by atoms with Crippen molar-refractivity contribution in [1.82, 2.24) is 14.7 Å². The molecular weight excluding hydrogens is 333 g/mol. The van der Waals surface area contributed by atoms with Gasteiger partial charge in [0.25, 0.3) is 0 Å². The summed E-state index contributed by atoms with van der Waals surface area (Å²) in [6, 6.07) is 15.8. The van der Waals surface area contributed by atoms with E-state index in [1.54, 1.807) is 48.8 Å². The van der Waals surface area contributed by atoms with Crippen molar-refractivity contribution in [2.24, 2.45) is 0 Å². The van der Waals surface area contributed by atoms with Crippen LogP contribution in [0.15, 0.2) is 73.1 Å². The van der Waals surface area contributed by atoms with Crippen molar-refractivity contribution in [2.75, 3.05) is 0 Å². The third-order valence-electron chi connectivity index (χ3n) is 4.05. The molecule has 0 spiro atoms. The summed E-state index contributed by atoms with van der Waals surface area (Å²) in [5.41, 5.74) is 3.02. The normalized spacial score (nSPS) is 10.8. The minimum atomic E-state index is -0.346. The molecule has 0 bridgehead atoms. The van der Waals surface area contributed by atoms with Gasteiger partial charge in [-0.1, -0.05) is 0 Å². The molecule has 0 amide bonds. The van der Waals surface area contributed by atoms with Crippen LogP contribution >= 0.6 is 0 Å². The highest BCUT2D eigenvalue weighted by atomic mass is 19.1. The summed E-state index contributed by atoms with van der Waals surface area (Å²) >= 11 is 0. The van der Waals surface area contributed by atoms with Gasteiger partial charge in [0, 0.05) is 29.1 Å². The topological polar surface area (TPSA) is 71.2 Å². The molecule has 0 aliphatic heterocycles. The standard InChI is InChI=1S/C20H14FN3O2/c21-16-5-1-13(2-6-16)18-19(14-9-11-22-12-10-14)24(26)20(23-18)15-3-7-17(25)8-4-15/h1-12,25-26H. The summed E-state index contributed by atoms with van der Waals surface area (Å²) in [4.78, 5) is 8.57. The minimum absolute atomic E-state index is 0.123. The Hall–Kier alpha value is -3.67. The van der Waals surface area contributed by atoms with E-state index in [9.17, 15) is 14.7 Å². The molecule has 2 N–H and O–H groups in total. The SMILES string of the molecule is Oc1ccc(-c2nc(-c3ccc(F)cc3)c(-c3ccncc3)n2O)cc1. The summed E-state index contributed by atoms with van der Waals surface area (Å²) < 4.78 is 14.3. The van der Waals surface area contributed by atoms with Crippen molar-refractivity contribution in [1.29, 1.82) is 0 Å². The predicted molar refractivity (Wildman–Crippen MR) is 95.1 cm³/mol. The fourth-order valence-corrected chi connectivity index (χ4v) is 2.79. The van der Waals surface area contributed by atoms with Gasteiger partial charge in [0.1, 0.15) is 23.0 Å². The Morgan fingerprint density at radius 1 is 0.769 bits per heavy atom. The third-order valence-corrected chi connectivity index (χ3v) is 4.05. The molecule has 5 nitrogen and oxygen atoms in total. The van der Waals surface area contributed by atoms with Gasteiger partial charge in [-0.25, -0.2) is 9.37 Å². The first-order valence-electron chi connectivity index (χ1n) is 7.91. The second-order valence-electron chi connectivity index (χ2n) is 5.73. The van der Waals surface area contributed by atoms with Gasteiger partial charge >= 0.3 is 0 Å². The Labute approximate surface area is 148 Å². The lowest BCUT2D eigenvalue weighted by atomic mass is 10.1. The first-order valence-corrected chi connectivity index (χ1v) is 7.91. The highest BCUT2D eigenvalue weighted by Gasteiger charge is 2.21. The molecule has 2 heterocycles. The van der Waals surface area contributed by atoms with Crippen molar-refractivity contribution in [3.63, 3.8) is 0 Å². The number of imidazole rings is 1. The number of phenolic OH excluding ortho intramolecular Hbond substituents is 1. The lowest BCUT2D eigenvalue weighted by molar-refractivity contribution is 0.195. The molecule has 6 heteroatoms. The minimum Gasteiger partial charge on any atom is -0.508 e. The van der Waals surface area contributed by atoms with E-state index in [2.05, 4.69) is 9.97 Å². The van der Waals surface area contributed by atoms with Crippen LogP contribution in [0.3, 0.4) is 0 Å². The number of aromatic nitrogens is 3. The Kier molecular flexibility index (Phi) is 3.85. The Balaban J connectivity index is 1.96. The lowest BCUT2D eigenvalue weighted by Crippen LogP contribution is -1.97. The number of pyridine rings is 1. The smallest absolute Gasteiger partial charge is 0.176 e. The van der Waals surface area contributed by atoms with E-state index in [1.807, 2.05) is 0 Å². The van der Waals surface area contributed by atoms with E-state index in [4.69, 9.17) is 0 Å². The molecule has 0 aliphatic rings. The summed E-state index contributed by atoms with van der Waals surface area (Å²) in [7, 11) is 0. The molecule has 0 saturated heterocycles. The molecule has 26 heavy (non-hydrogen) atoms. The van der Waals surface area contributed by atoms with Crippen molar-refractivity contribution in [3.8, 4) is 39.7 Å². The van der Waals surface area contributed by atoms with E-state index >= 15 is 0 Å². The number of aromatic hydroxyl groups is 1. The molecule has 2 aromatic carbocycles. The summed E-state index contributed by atoms with van der Waals surface area (Å²) in [5.74, 6) is 0.0930. The fourth-order valence-electron chi connectivity index (χ4n) is 2.79. The van der Waals surface area contributed by atoms with Gasteiger partial charge in [0.05, 0.1) is 0 Å². The molecule has 2 aromatic heterocycles. The number of hydrogen-bond acceptors (Lipinski definition) is 4. The molecule has 0 unspecified atom stereocenters. The summed E-state index contributed by atoms with van der Waals surface area (Å²) in [6.07, 6.45) is 3.24. The second kappa shape index (κ2) is 6.33. The van der Waals surface area contributed by atoms with Crippen molar-refractivity contribution in [3.05, 3.63) is 78.9 Å². The Morgan fingerprint density at radius 2 is 1.38 bits per heavy atom. The van der Waals surface area contributed by atoms with Crippen LogP contribution in [0.5, 0.6) is 5.75 Å². The van der Waals surface area contributed by atoms with E-state index in [-0.39, 0.29) is 11.6 Å². The first-order chi connectivity index (χ1) is 12.6. The monoisotopic (exact) mass is 347 g/mol. The number of phenols is 1. The molecular formula is C20H14FN3O2. The zero-order valence-corrected chi connectivity index (χ0v) is 13.5. The maximum atomic E-state index is 13.3. The number of hydrogen-bond donors (Lipinski definition) is 2. The Bertz CT molecular complexity index is 1040. The fraction of sp³-hybridized carbons (Fsp3) is 0. The first kappa shape index (κ1) is 15.8. The van der Waals surface area contributed by atoms with Crippen LogP contribution in [0.4, 0.5) is 4.39 Å². The molecule has 4 rings (SSSR count). The van der Waals surface area contributed by atoms with Gasteiger partial charge in [0.15, 0.2) is 5.82 Å².